The first-order chi connectivity index (χ1) is 26.6. The summed E-state index contributed by atoms with van der Waals surface area (Å²) in [6.07, 6.45) is 2.17. The Bertz CT molecular complexity index is 2850. The van der Waals surface area contributed by atoms with Gasteiger partial charge in [-0.15, -0.1) is 10.2 Å². The van der Waals surface area contributed by atoms with Gasteiger partial charge in [-0.25, -0.2) is 4.99 Å². The number of hydrogen-bond acceptors (Lipinski definition) is 3. The van der Waals surface area contributed by atoms with E-state index in [-0.39, 0.29) is 0 Å². The fourth-order valence-electron chi connectivity index (χ4n) is 7.07. The highest BCUT2D eigenvalue weighted by atomic mass is 15.5. The molecular formula is C50H36N4. The molecule has 9 aromatic rings. The molecule has 0 aliphatic rings. The van der Waals surface area contributed by atoms with E-state index in [9.17, 15) is 0 Å². The Morgan fingerprint density at radius 2 is 1.06 bits per heavy atom. The Kier molecular flexibility index (Phi) is 8.54. The SMILES string of the molecule is C=C(N=C(/C=C(\C)c1ccc(-c2ccccc2)cc1)c1ccc(-c2ccccc2)cc1)c1ccc2ccc3ccc4nn(-c5ccccc5)nc4c3c2c1. The highest BCUT2D eigenvalue weighted by Crippen LogP contribution is 2.33. The van der Waals surface area contributed by atoms with Gasteiger partial charge in [-0.2, -0.15) is 4.80 Å². The van der Waals surface area contributed by atoms with Crippen molar-refractivity contribution in [3.63, 3.8) is 0 Å². The van der Waals surface area contributed by atoms with E-state index in [0.29, 0.717) is 5.70 Å². The van der Waals surface area contributed by atoms with Gasteiger partial charge in [0.15, 0.2) is 0 Å². The van der Waals surface area contributed by atoms with Crippen LogP contribution in [-0.2, 0) is 0 Å². The third kappa shape index (κ3) is 6.42. The smallest absolute Gasteiger partial charge is 0.122 e. The normalized spacial score (nSPS) is 12.1. The van der Waals surface area contributed by atoms with Crippen LogP contribution in [0.15, 0.2) is 200 Å². The third-order valence-corrected chi connectivity index (χ3v) is 10.0. The molecule has 0 bridgehead atoms. The van der Waals surface area contributed by atoms with Gasteiger partial charge >= 0.3 is 0 Å². The zero-order chi connectivity index (χ0) is 36.4. The van der Waals surface area contributed by atoms with Crippen molar-refractivity contribution in [2.75, 3.05) is 0 Å². The summed E-state index contributed by atoms with van der Waals surface area (Å²) in [7, 11) is 0. The molecule has 0 saturated carbocycles. The first-order valence-electron chi connectivity index (χ1n) is 18.1. The van der Waals surface area contributed by atoms with E-state index in [2.05, 4.69) is 153 Å². The number of benzene rings is 8. The van der Waals surface area contributed by atoms with Crippen LogP contribution in [0.5, 0.6) is 0 Å². The molecule has 8 aromatic carbocycles. The number of allylic oxidation sites excluding steroid dienone is 2. The lowest BCUT2D eigenvalue weighted by Crippen LogP contribution is -1.99. The number of para-hydroxylation sites is 1. The van der Waals surface area contributed by atoms with Crippen LogP contribution < -0.4 is 0 Å². The summed E-state index contributed by atoms with van der Waals surface area (Å²) in [4.78, 5) is 6.97. The van der Waals surface area contributed by atoms with Gasteiger partial charge in [-0.05, 0) is 86.8 Å². The number of nitrogens with zero attached hydrogens (tertiary/aromatic N) is 4. The van der Waals surface area contributed by atoms with E-state index in [1.165, 1.54) is 16.7 Å². The lowest BCUT2D eigenvalue weighted by molar-refractivity contribution is 0.766. The summed E-state index contributed by atoms with van der Waals surface area (Å²) in [5.74, 6) is 0. The Labute approximate surface area is 314 Å². The van der Waals surface area contributed by atoms with E-state index in [0.717, 1.165) is 71.8 Å². The standard InChI is InChI=1S/C50H36N4/c1-34(36-18-20-39(21-19-36)37-12-6-3-7-13-37)32-48(42-26-22-40(23-27-42)38-14-8-4-9-15-38)51-35(2)44-29-25-41-24-28-43-30-31-47-50(49(43)46(41)33-44)53-54(52-47)45-16-10-5-11-17-45/h3-33H,2H2,1H3/b34-32+,51-48?. The monoisotopic (exact) mass is 692 g/mol. The van der Waals surface area contributed by atoms with E-state index in [1.54, 1.807) is 4.80 Å². The van der Waals surface area contributed by atoms with E-state index < -0.39 is 0 Å². The molecule has 9 rings (SSSR count). The Balaban J connectivity index is 1.13. The quantitative estimate of drug-likeness (QED) is 0.117. The van der Waals surface area contributed by atoms with Gasteiger partial charge in [0.2, 0.25) is 0 Å². The molecule has 0 N–H and O–H groups in total. The summed E-state index contributed by atoms with van der Waals surface area (Å²) in [5.41, 5.74) is 13.1. The minimum Gasteiger partial charge on any atom is -0.248 e. The number of hydrogen-bond donors (Lipinski definition) is 0. The van der Waals surface area contributed by atoms with Crippen molar-refractivity contribution in [2.45, 2.75) is 6.92 Å². The topological polar surface area (TPSA) is 43.1 Å². The van der Waals surface area contributed by atoms with Crippen molar-refractivity contribution in [3.8, 4) is 27.9 Å². The number of fused-ring (bicyclic) bond motifs is 5. The largest absolute Gasteiger partial charge is 0.248 e. The fraction of sp³-hybridized carbons (Fsp3) is 0.0200. The van der Waals surface area contributed by atoms with Crippen molar-refractivity contribution >= 4 is 49.6 Å². The summed E-state index contributed by atoms with van der Waals surface area (Å²) < 4.78 is 0. The minimum atomic E-state index is 0.680. The molecule has 0 unspecified atom stereocenters. The van der Waals surface area contributed by atoms with Crippen LogP contribution in [0.4, 0.5) is 0 Å². The van der Waals surface area contributed by atoms with Crippen LogP contribution >= 0.6 is 0 Å². The number of aromatic nitrogens is 3. The second kappa shape index (κ2) is 14.1. The van der Waals surface area contributed by atoms with E-state index >= 15 is 0 Å². The molecule has 0 saturated heterocycles. The second-order valence-electron chi connectivity index (χ2n) is 13.5. The molecule has 4 heteroatoms. The Morgan fingerprint density at radius 3 is 1.70 bits per heavy atom. The van der Waals surface area contributed by atoms with Gasteiger partial charge in [0.1, 0.15) is 11.0 Å². The van der Waals surface area contributed by atoms with Crippen LogP contribution in [0, 0.1) is 0 Å². The van der Waals surface area contributed by atoms with Crippen molar-refractivity contribution in [1.29, 1.82) is 0 Å². The molecule has 0 atom stereocenters. The molecule has 0 aliphatic heterocycles. The number of rotatable bonds is 8. The van der Waals surface area contributed by atoms with E-state index in [4.69, 9.17) is 15.2 Å². The van der Waals surface area contributed by atoms with Gasteiger partial charge in [0, 0.05) is 16.5 Å². The molecule has 0 amide bonds. The third-order valence-electron chi connectivity index (χ3n) is 10.0. The van der Waals surface area contributed by atoms with Gasteiger partial charge in [-0.3, -0.25) is 0 Å². The van der Waals surface area contributed by atoms with Crippen LogP contribution in [0.25, 0.3) is 71.8 Å². The van der Waals surface area contributed by atoms with Crippen molar-refractivity contribution in [1.82, 2.24) is 15.0 Å². The highest BCUT2D eigenvalue weighted by Gasteiger charge is 2.13. The van der Waals surface area contributed by atoms with Crippen LogP contribution in [0.3, 0.4) is 0 Å². The van der Waals surface area contributed by atoms with Crippen LogP contribution in [0.1, 0.15) is 23.6 Å². The maximum absolute atomic E-state index is 5.26. The predicted octanol–water partition coefficient (Wildman–Crippen LogP) is 12.6. The number of aliphatic imine (C=N–C) groups is 1. The molecule has 4 nitrogen and oxygen atoms in total. The molecule has 1 aromatic heterocycles. The zero-order valence-corrected chi connectivity index (χ0v) is 29.9. The molecule has 256 valence electrons. The fourth-order valence-corrected chi connectivity index (χ4v) is 7.07. The summed E-state index contributed by atoms with van der Waals surface area (Å²) >= 11 is 0. The molecule has 0 radical (unpaired) electrons. The molecular weight excluding hydrogens is 657 g/mol. The van der Waals surface area contributed by atoms with Crippen molar-refractivity contribution in [3.05, 3.63) is 211 Å². The van der Waals surface area contributed by atoms with Gasteiger partial charge in [0.05, 0.1) is 17.1 Å². The molecule has 1 heterocycles. The lowest BCUT2D eigenvalue weighted by Gasteiger charge is -2.11. The van der Waals surface area contributed by atoms with Crippen LogP contribution in [0.2, 0.25) is 0 Å². The van der Waals surface area contributed by atoms with E-state index in [1.807, 2.05) is 48.5 Å². The minimum absolute atomic E-state index is 0.680. The Hall–Kier alpha value is -7.17. The van der Waals surface area contributed by atoms with Gasteiger partial charge < -0.3 is 0 Å². The average Bonchev–Trinajstić information content (AvgIpc) is 3.69. The maximum atomic E-state index is 5.26. The predicted molar refractivity (Wildman–Crippen MR) is 227 cm³/mol. The summed E-state index contributed by atoms with van der Waals surface area (Å²) in [6.45, 7) is 6.67. The first-order valence-corrected chi connectivity index (χ1v) is 18.1. The maximum Gasteiger partial charge on any atom is 0.122 e. The average molecular weight is 693 g/mol. The van der Waals surface area contributed by atoms with Gasteiger partial charge in [0.25, 0.3) is 0 Å². The second-order valence-corrected chi connectivity index (χ2v) is 13.5. The van der Waals surface area contributed by atoms with Gasteiger partial charge in [-0.1, -0.05) is 164 Å². The van der Waals surface area contributed by atoms with Crippen molar-refractivity contribution < 1.29 is 0 Å². The summed E-state index contributed by atoms with van der Waals surface area (Å²) in [6, 6.07) is 63.2. The highest BCUT2D eigenvalue weighted by molar-refractivity contribution is 6.19. The summed E-state index contributed by atoms with van der Waals surface area (Å²) in [5, 5.41) is 14.2. The zero-order valence-electron chi connectivity index (χ0n) is 29.9. The Morgan fingerprint density at radius 1 is 0.537 bits per heavy atom. The molecule has 0 spiro atoms. The molecule has 0 aliphatic carbocycles. The van der Waals surface area contributed by atoms with Crippen LogP contribution in [-0.4, -0.2) is 20.7 Å². The molecule has 54 heavy (non-hydrogen) atoms. The first kappa shape index (κ1) is 32.7. The molecule has 0 fully saturated rings. The van der Waals surface area contributed by atoms with Crippen molar-refractivity contribution in [2.24, 2.45) is 4.99 Å². The lowest BCUT2D eigenvalue weighted by atomic mass is 9.97.